The molecule has 0 bridgehead atoms. The van der Waals surface area contributed by atoms with Gasteiger partial charge >= 0.3 is 172 Å². The average molecular weight is 418 g/mol. The van der Waals surface area contributed by atoms with Crippen molar-refractivity contribution in [2.24, 2.45) is 10.2 Å². The molecule has 0 saturated heterocycles. The molecule has 148 valence electrons. The molecule has 0 aromatic heterocycles. The van der Waals surface area contributed by atoms with Gasteiger partial charge < -0.3 is 0 Å². The van der Waals surface area contributed by atoms with Gasteiger partial charge in [0.05, 0.1) is 0 Å². The van der Waals surface area contributed by atoms with E-state index in [4.69, 9.17) is 0 Å². The molecule has 0 amide bonds. The van der Waals surface area contributed by atoms with E-state index in [0.717, 1.165) is 0 Å². The SMILES string of the molecule is OP(c1ccccc1)(c1ccccc1)(c1ccccc1F)c1ccc2c(c1F)N=N2. The van der Waals surface area contributed by atoms with Crippen LogP contribution in [0.1, 0.15) is 0 Å². The molecule has 4 aromatic rings. The standard InChI is InChI=1S/C24H17F2N2OP/c25-19-13-7-8-14-21(19)30(29,17-9-3-1-4-10-17,18-11-5-2-6-12-18)22-16-15-20-24(23(22)26)28-27-20/h1-16,29H. The van der Waals surface area contributed by atoms with Gasteiger partial charge in [-0.05, 0) is 0 Å². The van der Waals surface area contributed by atoms with Crippen molar-refractivity contribution in [2.75, 3.05) is 0 Å². The van der Waals surface area contributed by atoms with Gasteiger partial charge in [0.2, 0.25) is 0 Å². The van der Waals surface area contributed by atoms with Gasteiger partial charge in [-0.3, -0.25) is 0 Å². The fourth-order valence-corrected chi connectivity index (χ4v) is 9.09. The topological polar surface area (TPSA) is 45.0 Å². The van der Waals surface area contributed by atoms with Crippen molar-refractivity contribution in [1.82, 2.24) is 0 Å². The summed E-state index contributed by atoms with van der Waals surface area (Å²) in [6, 6.07) is 26.7. The maximum atomic E-state index is 15.8. The van der Waals surface area contributed by atoms with E-state index >= 15 is 8.78 Å². The predicted molar refractivity (Wildman–Crippen MR) is 118 cm³/mol. The summed E-state index contributed by atoms with van der Waals surface area (Å²) in [6.07, 6.45) is 0. The van der Waals surface area contributed by atoms with Crippen molar-refractivity contribution < 1.29 is 13.7 Å². The molecule has 0 fully saturated rings. The van der Waals surface area contributed by atoms with Gasteiger partial charge in [-0.15, -0.1) is 0 Å². The molecule has 30 heavy (non-hydrogen) atoms. The second-order valence-corrected chi connectivity index (χ2v) is 11.3. The van der Waals surface area contributed by atoms with E-state index in [0.29, 0.717) is 16.3 Å². The van der Waals surface area contributed by atoms with Gasteiger partial charge in [0.25, 0.3) is 0 Å². The van der Waals surface area contributed by atoms with Crippen molar-refractivity contribution >= 4 is 39.4 Å². The van der Waals surface area contributed by atoms with Crippen LogP contribution in [0.25, 0.3) is 0 Å². The molecule has 6 heteroatoms. The molecule has 0 atom stereocenters. The van der Waals surface area contributed by atoms with Crippen molar-refractivity contribution in [1.29, 1.82) is 0 Å². The molecule has 0 aliphatic carbocycles. The molecular formula is C24H17F2N2OP. The third kappa shape index (κ3) is 2.30. The zero-order valence-corrected chi connectivity index (χ0v) is 16.7. The maximum absolute atomic E-state index is 15.8. The number of hydrogen-bond donors (Lipinski definition) is 1. The zero-order chi connectivity index (χ0) is 20.8. The Bertz CT molecular complexity index is 1250. The first-order valence-electron chi connectivity index (χ1n) is 9.43. The summed E-state index contributed by atoms with van der Waals surface area (Å²) in [7, 11) is 0. The first-order valence-corrected chi connectivity index (χ1v) is 11.6. The quantitative estimate of drug-likeness (QED) is 0.421. The summed E-state index contributed by atoms with van der Waals surface area (Å²) < 4.78 is 31.3. The Morgan fingerprint density at radius 1 is 0.600 bits per heavy atom. The van der Waals surface area contributed by atoms with Crippen LogP contribution in [-0.2, 0) is 0 Å². The van der Waals surface area contributed by atoms with Gasteiger partial charge in [0.15, 0.2) is 0 Å². The van der Waals surface area contributed by atoms with Crippen LogP contribution in [0.5, 0.6) is 0 Å². The van der Waals surface area contributed by atoms with Crippen LogP contribution in [0.2, 0.25) is 0 Å². The summed E-state index contributed by atoms with van der Waals surface area (Å²) in [4.78, 5) is 13.0. The molecular weight excluding hydrogens is 401 g/mol. The zero-order valence-electron chi connectivity index (χ0n) is 15.8. The fourth-order valence-electron chi connectivity index (χ4n) is 4.19. The first-order chi connectivity index (χ1) is 14.6. The average Bonchev–Trinajstić information content (AvgIpc) is 2.76. The number of fused-ring (bicyclic) bond motifs is 1. The van der Waals surface area contributed by atoms with Crippen LogP contribution < -0.4 is 21.2 Å². The van der Waals surface area contributed by atoms with Crippen LogP contribution in [-0.4, -0.2) is 4.89 Å². The van der Waals surface area contributed by atoms with Crippen LogP contribution in [0.3, 0.4) is 0 Å². The van der Waals surface area contributed by atoms with Crippen LogP contribution in [0.4, 0.5) is 20.2 Å². The molecule has 0 unspecified atom stereocenters. The summed E-state index contributed by atoms with van der Waals surface area (Å²) in [5.41, 5.74) is 0.495. The van der Waals surface area contributed by atoms with Gasteiger partial charge in [0, 0.05) is 0 Å². The molecule has 0 radical (unpaired) electrons. The Hall–Kier alpha value is -3.27. The van der Waals surface area contributed by atoms with Crippen molar-refractivity contribution in [3.8, 4) is 0 Å². The van der Waals surface area contributed by atoms with Gasteiger partial charge in [-0.25, -0.2) is 0 Å². The first kappa shape index (κ1) is 18.7. The minimum absolute atomic E-state index is 0.0147. The van der Waals surface area contributed by atoms with Crippen molar-refractivity contribution in [2.45, 2.75) is 0 Å². The summed E-state index contributed by atoms with van der Waals surface area (Å²) in [6.45, 7) is -4.79. The monoisotopic (exact) mass is 418 g/mol. The van der Waals surface area contributed by atoms with E-state index in [1.807, 2.05) is 0 Å². The van der Waals surface area contributed by atoms with E-state index in [1.165, 1.54) is 18.2 Å². The van der Waals surface area contributed by atoms with Crippen LogP contribution in [0.15, 0.2) is 107 Å². The van der Waals surface area contributed by atoms with E-state index in [1.54, 1.807) is 78.9 Å². The second kappa shape index (κ2) is 6.63. The number of benzene rings is 4. The Labute approximate surface area is 172 Å². The van der Waals surface area contributed by atoms with Crippen LogP contribution in [0, 0.1) is 11.6 Å². The Morgan fingerprint density at radius 3 is 1.70 bits per heavy atom. The van der Waals surface area contributed by atoms with Gasteiger partial charge in [0.1, 0.15) is 0 Å². The third-order valence-corrected chi connectivity index (χ3v) is 10.8. The van der Waals surface area contributed by atoms with E-state index in [9.17, 15) is 4.89 Å². The summed E-state index contributed by atoms with van der Waals surface area (Å²) in [5, 5.41) is 8.57. The van der Waals surface area contributed by atoms with E-state index in [2.05, 4.69) is 10.2 Å². The normalized spacial score (nSPS) is 13.8. The van der Waals surface area contributed by atoms with Gasteiger partial charge in [-0.2, -0.15) is 0 Å². The van der Waals surface area contributed by atoms with E-state index < -0.39 is 18.5 Å². The molecule has 4 aromatic carbocycles. The molecule has 1 aliphatic heterocycles. The molecule has 3 nitrogen and oxygen atoms in total. The molecule has 1 heterocycles. The number of rotatable bonds is 4. The van der Waals surface area contributed by atoms with Gasteiger partial charge in [-0.1, -0.05) is 0 Å². The second-order valence-electron chi connectivity index (χ2n) is 7.16. The van der Waals surface area contributed by atoms with Crippen LogP contribution >= 0.6 is 6.83 Å². The molecule has 0 saturated carbocycles. The summed E-state index contributed by atoms with van der Waals surface area (Å²) >= 11 is 0. The van der Waals surface area contributed by atoms with Crippen molar-refractivity contribution in [3.05, 3.63) is 109 Å². The predicted octanol–water partition coefficient (Wildman–Crippen LogP) is 4.76. The molecule has 1 N–H and O–H groups in total. The molecule has 0 spiro atoms. The van der Waals surface area contributed by atoms with Crippen molar-refractivity contribution in [3.63, 3.8) is 0 Å². The van der Waals surface area contributed by atoms with E-state index in [-0.39, 0.29) is 16.3 Å². The number of hydrogen-bond acceptors (Lipinski definition) is 3. The Balaban J connectivity index is 2.04. The number of nitrogens with zero attached hydrogens (tertiary/aromatic N) is 2. The minimum atomic E-state index is -4.79. The summed E-state index contributed by atoms with van der Waals surface area (Å²) in [5.74, 6) is -1.28. The third-order valence-electron chi connectivity index (χ3n) is 5.64. The fraction of sp³-hybridized carbons (Fsp3) is 0. The molecule has 1 aliphatic rings. The number of halogens is 2. The molecule has 5 rings (SSSR count). The number of azo groups is 1. The Kier molecular flexibility index (Phi) is 4.14. The Morgan fingerprint density at radius 2 is 1.17 bits per heavy atom.